The Kier molecular flexibility index (Phi) is 3.00. The van der Waals surface area contributed by atoms with E-state index in [4.69, 9.17) is 5.11 Å². The topological polar surface area (TPSA) is 32.3 Å². The van der Waals surface area contributed by atoms with Gasteiger partial charge < -0.3 is 10.4 Å². The van der Waals surface area contributed by atoms with Gasteiger partial charge in [-0.2, -0.15) is 0 Å². The molecule has 0 aliphatic rings. The molecule has 0 aliphatic heterocycles. The molecule has 2 aromatic rings. The minimum absolute atomic E-state index is 0.0811. The van der Waals surface area contributed by atoms with E-state index in [0.717, 1.165) is 16.9 Å². The minimum Gasteiger partial charge on any atom is -0.392 e. The molecule has 2 aromatic carbocycles. The van der Waals surface area contributed by atoms with Crippen LogP contribution in [0.15, 0.2) is 48.5 Å². The Labute approximate surface area is 89.2 Å². The van der Waals surface area contributed by atoms with E-state index in [1.807, 2.05) is 48.5 Å². The molecular weight excluding hydrogens is 186 g/mol. The van der Waals surface area contributed by atoms with Crippen LogP contribution >= 0.6 is 0 Å². The van der Waals surface area contributed by atoms with Gasteiger partial charge in [0.05, 0.1) is 6.61 Å². The summed E-state index contributed by atoms with van der Waals surface area (Å²) in [4.78, 5) is 0. The van der Waals surface area contributed by atoms with E-state index in [-0.39, 0.29) is 6.61 Å². The summed E-state index contributed by atoms with van der Waals surface area (Å²) in [6.45, 7) is 0.0811. The predicted molar refractivity (Wildman–Crippen MR) is 60.9 cm³/mol. The van der Waals surface area contributed by atoms with Crippen molar-refractivity contribution >= 4 is 11.4 Å². The van der Waals surface area contributed by atoms with E-state index >= 15 is 0 Å². The number of benzene rings is 2. The van der Waals surface area contributed by atoms with Crippen LogP contribution in [-0.2, 0) is 6.61 Å². The average molecular weight is 198 g/mol. The molecule has 1 radical (unpaired) electrons. The van der Waals surface area contributed by atoms with Gasteiger partial charge in [-0.3, -0.25) is 0 Å². The van der Waals surface area contributed by atoms with Crippen molar-refractivity contribution in [2.75, 3.05) is 5.32 Å². The smallest absolute Gasteiger partial charge is 0.0681 e. The highest BCUT2D eigenvalue weighted by molar-refractivity contribution is 5.58. The molecule has 2 N–H and O–H groups in total. The fourth-order valence-electron chi connectivity index (χ4n) is 1.32. The van der Waals surface area contributed by atoms with Crippen LogP contribution in [0.25, 0.3) is 0 Å². The fraction of sp³-hybridized carbons (Fsp3) is 0.0769. The Morgan fingerprint density at radius 2 is 1.87 bits per heavy atom. The van der Waals surface area contributed by atoms with E-state index in [0.29, 0.717) is 0 Å². The SMILES string of the molecule is OCc1ccc(Nc2[c]cccc2)cc1. The van der Waals surface area contributed by atoms with Gasteiger partial charge in [0.1, 0.15) is 0 Å². The van der Waals surface area contributed by atoms with Crippen molar-refractivity contribution in [3.05, 3.63) is 60.2 Å². The Morgan fingerprint density at radius 1 is 1.07 bits per heavy atom. The summed E-state index contributed by atoms with van der Waals surface area (Å²) in [6.07, 6.45) is 0. The third kappa shape index (κ3) is 2.58. The molecule has 75 valence electrons. The van der Waals surface area contributed by atoms with Gasteiger partial charge in [-0.05, 0) is 23.8 Å². The number of hydrogen-bond acceptors (Lipinski definition) is 2. The third-order valence-corrected chi connectivity index (χ3v) is 2.12. The Bertz CT molecular complexity index is 408. The zero-order valence-corrected chi connectivity index (χ0v) is 8.27. The average Bonchev–Trinajstić information content (AvgIpc) is 2.31. The van der Waals surface area contributed by atoms with Gasteiger partial charge in [0, 0.05) is 17.4 Å². The maximum Gasteiger partial charge on any atom is 0.0681 e. The molecule has 0 amide bonds. The first kappa shape index (κ1) is 9.74. The van der Waals surface area contributed by atoms with Crippen LogP contribution in [0.2, 0.25) is 0 Å². The van der Waals surface area contributed by atoms with Crippen LogP contribution in [0.3, 0.4) is 0 Å². The van der Waals surface area contributed by atoms with Gasteiger partial charge in [0.25, 0.3) is 0 Å². The normalized spacial score (nSPS) is 9.93. The summed E-state index contributed by atoms with van der Waals surface area (Å²) in [5.41, 5.74) is 2.85. The quantitative estimate of drug-likeness (QED) is 0.794. The molecule has 0 aliphatic carbocycles. The number of anilines is 2. The molecule has 0 bridgehead atoms. The zero-order valence-electron chi connectivity index (χ0n) is 8.27. The summed E-state index contributed by atoms with van der Waals surface area (Å²) in [7, 11) is 0. The molecule has 2 nitrogen and oxygen atoms in total. The van der Waals surface area contributed by atoms with Crippen LogP contribution in [-0.4, -0.2) is 5.11 Å². The second-order valence-corrected chi connectivity index (χ2v) is 3.26. The second kappa shape index (κ2) is 4.62. The van der Waals surface area contributed by atoms with Gasteiger partial charge in [0.2, 0.25) is 0 Å². The number of rotatable bonds is 3. The molecule has 2 rings (SSSR count). The van der Waals surface area contributed by atoms with Crippen molar-refractivity contribution in [3.63, 3.8) is 0 Å². The summed E-state index contributed by atoms with van der Waals surface area (Å²) in [6, 6.07) is 18.5. The Hall–Kier alpha value is -1.80. The third-order valence-electron chi connectivity index (χ3n) is 2.12. The lowest BCUT2D eigenvalue weighted by Crippen LogP contribution is -1.90. The lowest BCUT2D eigenvalue weighted by atomic mass is 10.2. The Morgan fingerprint density at radius 3 is 2.47 bits per heavy atom. The first-order valence-corrected chi connectivity index (χ1v) is 4.82. The number of nitrogens with one attached hydrogen (secondary N) is 1. The zero-order chi connectivity index (χ0) is 10.5. The van der Waals surface area contributed by atoms with Crippen LogP contribution in [0.1, 0.15) is 5.56 Å². The molecule has 2 heteroatoms. The first-order valence-electron chi connectivity index (χ1n) is 4.82. The number of aliphatic hydroxyl groups is 1. The number of hydrogen-bond donors (Lipinski definition) is 2. The molecule has 0 fully saturated rings. The van der Waals surface area contributed by atoms with Crippen molar-refractivity contribution in [1.29, 1.82) is 0 Å². The highest BCUT2D eigenvalue weighted by Crippen LogP contribution is 2.15. The largest absolute Gasteiger partial charge is 0.392 e. The molecule has 0 atom stereocenters. The van der Waals surface area contributed by atoms with E-state index in [1.54, 1.807) is 0 Å². The van der Waals surface area contributed by atoms with Gasteiger partial charge in [0.15, 0.2) is 0 Å². The highest BCUT2D eigenvalue weighted by Gasteiger charge is 1.94. The van der Waals surface area contributed by atoms with Crippen molar-refractivity contribution in [1.82, 2.24) is 0 Å². The van der Waals surface area contributed by atoms with E-state index in [1.165, 1.54) is 0 Å². The molecule has 0 heterocycles. The van der Waals surface area contributed by atoms with Crippen molar-refractivity contribution in [3.8, 4) is 0 Å². The van der Waals surface area contributed by atoms with E-state index in [2.05, 4.69) is 11.4 Å². The highest BCUT2D eigenvalue weighted by atomic mass is 16.3. The lowest BCUT2D eigenvalue weighted by molar-refractivity contribution is 0.282. The standard InChI is InChI=1S/C13H12NO/c15-10-11-6-8-13(9-7-11)14-12-4-2-1-3-5-12/h1-4,6-9,14-15H,10H2. The van der Waals surface area contributed by atoms with Gasteiger partial charge in [-0.15, -0.1) is 0 Å². The summed E-state index contributed by atoms with van der Waals surface area (Å²) in [5, 5.41) is 12.1. The molecule has 0 spiro atoms. The van der Waals surface area contributed by atoms with Gasteiger partial charge in [-0.25, -0.2) is 0 Å². The summed E-state index contributed by atoms with van der Waals surface area (Å²) < 4.78 is 0. The second-order valence-electron chi connectivity index (χ2n) is 3.26. The van der Waals surface area contributed by atoms with Crippen molar-refractivity contribution in [2.24, 2.45) is 0 Å². The molecule has 0 saturated carbocycles. The fourth-order valence-corrected chi connectivity index (χ4v) is 1.32. The van der Waals surface area contributed by atoms with Crippen LogP contribution in [0.5, 0.6) is 0 Å². The molecule has 0 aromatic heterocycles. The number of para-hydroxylation sites is 1. The van der Waals surface area contributed by atoms with E-state index in [9.17, 15) is 0 Å². The predicted octanol–water partition coefficient (Wildman–Crippen LogP) is 2.72. The Balaban J connectivity index is 2.11. The summed E-state index contributed by atoms with van der Waals surface area (Å²) >= 11 is 0. The maximum atomic E-state index is 8.89. The maximum absolute atomic E-state index is 8.89. The molecule has 0 saturated heterocycles. The lowest BCUT2D eigenvalue weighted by Gasteiger charge is -2.05. The van der Waals surface area contributed by atoms with Crippen LogP contribution in [0, 0.1) is 6.07 Å². The van der Waals surface area contributed by atoms with Crippen molar-refractivity contribution < 1.29 is 5.11 Å². The van der Waals surface area contributed by atoms with Crippen LogP contribution in [0.4, 0.5) is 11.4 Å². The molecule has 0 unspecified atom stereocenters. The minimum atomic E-state index is 0.0811. The number of aliphatic hydroxyl groups excluding tert-OH is 1. The van der Waals surface area contributed by atoms with Crippen LogP contribution < -0.4 is 5.32 Å². The molecule has 15 heavy (non-hydrogen) atoms. The van der Waals surface area contributed by atoms with Crippen molar-refractivity contribution in [2.45, 2.75) is 6.61 Å². The summed E-state index contributed by atoms with van der Waals surface area (Å²) in [5.74, 6) is 0. The van der Waals surface area contributed by atoms with Gasteiger partial charge >= 0.3 is 0 Å². The van der Waals surface area contributed by atoms with Gasteiger partial charge in [-0.1, -0.05) is 30.3 Å². The molecular formula is C13H12NO. The first-order chi connectivity index (χ1) is 7.38. The monoisotopic (exact) mass is 198 g/mol. The van der Waals surface area contributed by atoms with E-state index < -0.39 is 0 Å².